The Morgan fingerprint density at radius 1 is 0.676 bits per heavy atom. The Morgan fingerprint density at radius 2 is 1.03 bits per heavy atom. The molecule has 0 spiro atoms. The molecule has 206 valence electrons. The first kappa shape index (κ1) is 29.7. The topological polar surface area (TPSA) is 160 Å². The molecule has 3 aliphatic heterocycles. The van der Waals surface area contributed by atoms with Gasteiger partial charge in [-0.05, 0) is 54.9 Å². The molecular formula is C19H26N4O8S6. The fourth-order valence-corrected chi connectivity index (χ4v) is 7.82. The first-order chi connectivity index (χ1) is 17.2. The van der Waals surface area contributed by atoms with Crippen molar-refractivity contribution < 1.29 is 34.7 Å². The van der Waals surface area contributed by atoms with Gasteiger partial charge in [0.25, 0.3) is 10.3 Å². The van der Waals surface area contributed by atoms with Gasteiger partial charge in [-0.2, -0.15) is 0 Å². The number of hydrogen-bond acceptors (Lipinski definition) is 11. The fourth-order valence-electron chi connectivity index (χ4n) is 3.37. The third kappa shape index (κ3) is 10.1. The first-order valence-corrected chi connectivity index (χ1v) is 17.5. The van der Waals surface area contributed by atoms with Crippen LogP contribution < -0.4 is 16.0 Å². The summed E-state index contributed by atoms with van der Waals surface area (Å²) in [5.41, 5.74) is 1.37. The Kier molecular flexibility index (Phi) is 9.90. The summed E-state index contributed by atoms with van der Waals surface area (Å²) in [5, 5.41) is 8.69. The van der Waals surface area contributed by atoms with Crippen LogP contribution in [0.4, 0.5) is 0 Å². The molecule has 3 aliphatic rings. The number of nitrogens with zero attached hydrogens (tertiary/aromatic N) is 1. The van der Waals surface area contributed by atoms with Crippen LogP contribution in [0.25, 0.3) is 0 Å². The van der Waals surface area contributed by atoms with Gasteiger partial charge < -0.3 is 30.3 Å². The van der Waals surface area contributed by atoms with E-state index in [1.807, 2.05) is 0 Å². The van der Waals surface area contributed by atoms with Crippen LogP contribution in [-0.2, 0) is 39.0 Å². The molecule has 0 aromatic heterocycles. The lowest BCUT2D eigenvalue weighted by Gasteiger charge is -2.26. The Morgan fingerprint density at radius 3 is 1.35 bits per heavy atom. The third-order valence-electron chi connectivity index (χ3n) is 5.15. The molecule has 3 N–H and O–H groups in total. The summed E-state index contributed by atoms with van der Waals surface area (Å²) in [6.07, 6.45) is 4.62. The number of nitrogens with one attached hydrogen (secondary N) is 3. The van der Waals surface area contributed by atoms with Gasteiger partial charge >= 0.3 is 0 Å². The number of hydrogen-bond donors (Lipinski definition) is 3. The molecule has 0 fully saturated rings. The standard InChI is InChI=1S/C19H26N4O8S6/c24-35(25)8-1-14(11-35)20-17(32)23(4-6-30-18(33)21-15-2-9-36(26,27)12-15)5-7-31-19(34)22-16-3-10-37(28,29)13-16/h1-3H,4-13H2,(H,20,32)(H,21,33)(H,22,34). The normalized spacial score (nSPS) is 20.7. The van der Waals surface area contributed by atoms with Crippen LogP contribution in [0.5, 0.6) is 0 Å². The highest BCUT2D eigenvalue weighted by molar-refractivity contribution is 7.92. The van der Waals surface area contributed by atoms with E-state index in [0.717, 1.165) is 0 Å². The average Bonchev–Trinajstić information content (AvgIpc) is 3.41. The van der Waals surface area contributed by atoms with Gasteiger partial charge in [0.05, 0.1) is 47.6 Å². The van der Waals surface area contributed by atoms with Gasteiger partial charge in [-0.25, -0.2) is 25.3 Å². The van der Waals surface area contributed by atoms with Crippen LogP contribution in [0.1, 0.15) is 0 Å². The maximum atomic E-state index is 11.7. The molecule has 3 heterocycles. The smallest absolute Gasteiger partial charge is 0.260 e. The molecule has 3 rings (SSSR count). The van der Waals surface area contributed by atoms with Crippen LogP contribution in [0.2, 0.25) is 0 Å². The van der Waals surface area contributed by atoms with Crippen molar-refractivity contribution in [3.8, 4) is 0 Å². The SMILES string of the molecule is O=S1(=O)CC=C(NC(=S)OCCN(CCOC(=S)NC2=CCS(=O)(=O)C2)C(=S)NC2=CCS(=O)(=O)C2)C1. The molecule has 0 amide bonds. The molecular weight excluding hydrogens is 605 g/mol. The molecule has 18 heteroatoms. The summed E-state index contributed by atoms with van der Waals surface area (Å²) in [7, 11) is -9.50. The van der Waals surface area contributed by atoms with Gasteiger partial charge in [0.1, 0.15) is 13.2 Å². The van der Waals surface area contributed by atoms with Gasteiger partial charge in [0.15, 0.2) is 34.6 Å². The van der Waals surface area contributed by atoms with Gasteiger partial charge in [-0.1, -0.05) is 0 Å². The molecule has 0 aliphatic carbocycles. The minimum Gasteiger partial charge on any atom is -0.469 e. The second-order valence-electron chi connectivity index (χ2n) is 8.29. The predicted molar refractivity (Wildman–Crippen MR) is 151 cm³/mol. The number of rotatable bonds is 9. The Hall–Kier alpha value is -1.86. The van der Waals surface area contributed by atoms with E-state index in [-0.39, 0.29) is 76.3 Å². The fraction of sp³-hybridized carbons (Fsp3) is 0.526. The molecule has 0 atom stereocenters. The van der Waals surface area contributed by atoms with Crippen LogP contribution in [-0.4, -0.2) is 106 Å². The molecule has 0 bridgehead atoms. The van der Waals surface area contributed by atoms with Crippen LogP contribution in [0.3, 0.4) is 0 Å². The lowest BCUT2D eigenvalue weighted by molar-refractivity contribution is 0.220. The van der Waals surface area contributed by atoms with Crippen molar-refractivity contribution in [3.05, 3.63) is 35.3 Å². The molecule has 0 unspecified atom stereocenters. The van der Waals surface area contributed by atoms with Crippen molar-refractivity contribution >= 4 is 81.6 Å². The minimum atomic E-state index is -3.19. The molecule has 0 saturated carbocycles. The van der Waals surface area contributed by atoms with E-state index >= 15 is 0 Å². The van der Waals surface area contributed by atoms with Crippen molar-refractivity contribution in [1.82, 2.24) is 20.9 Å². The average molecular weight is 631 g/mol. The van der Waals surface area contributed by atoms with E-state index in [1.54, 1.807) is 11.0 Å². The highest BCUT2D eigenvalue weighted by Crippen LogP contribution is 2.11. The summed E-state index contributed by atoms with van der Waals surface area (Å²) < 4.78 is 80.7. The zero-order valence-corrected chi connectivity index (χ0v) is 24.4. The molecule has 37 heavy (non-hydrogen) atoms. The van der Waals surface area contributed by atoms with Crippen molar-refractivity contribution in [2.75, 3.05) is 60.8 Å². The van der Waals surface area contributed by atoms with E-state index in [9.17, 15) is 25.3 Å². The van der Waals surface area contributed by atoms with E-state index in [4.69, 9.17) is 46.1 Å². The van der Waals surface area contributed by atoms with E-state index in [2.05, 4.69) is 16.0 Å². The first-order valence-electron chi connectivity index (χ1n) is 10.8. The zero-order chi connectivity index (χ0) is 27.3. The Bertz CT molecular complexity index is 1290. The second kappa shape index (κ2) is 12.3. The lowest BCUT2D eigenvalue weighted by Crippen LogP contribution is -2.44. The van der Waals surface area contributed by atoms with Crippen LogP contribution in [0.15, 0.2) is 35.3 Å². The lowest BCUT2D eigenvalue weighted by atomic mass is 10.4. The summed E-state index contributed by atoms with van der Waals surface area (Å²) in [5.74, 6) is -0.596. The monoisotopic (exact) mass is 630 g/mol. The van der Waals surface area contributed by atoms with E-state index < -0.39 is 29.5 Å². The highest BCUT2D eigenvalue weighted by atomic mass is 32.2. The summed E-state index contributed by atoms with van der Waals surface area (Å²) in [6.45, 7) is 0.632. The molecule has 12 nitrogen and oxygen atoms in total. The second-order valence-corrected chi connectivity index (χ2v) is 15.7. The largest absolute Gasteiger partial charge is 0.469 e. The van der Waals surface area contributed by atoms with Gasteiger partial charge in [0.2, 0.25) is 0 Å². The van der Waals surface area contributed by atoms with Gasteiger partial charge in [-0.3, -0.25) is 0 Å². The third-order valence-corrected chi connectivity index (χ3v) is 10.2. The van der Waals surface area contributed by atoms with Crippen LogP contribution in [0, 0.1) is 0 Å². The van der Waals surface area contributed by atoms with Gasteiger partial charge in [0, 0.05) is 17.1 Å². The predicted octanol–water partition coefficient (Wildman–Crippen LogP) is -1.12. The zero-order valence-electron chi connectivity index (χ0n) is 19.5. The highest BCUT2D eigenvalue weighted by Gasteiger charge is 2.23. The van der Waals surface area contributed by atoms with E-state index in [0.29, 0.717) is 17.1 Å². The van der Waals surface area contributed by atoms with Crippen molar-refractivity contribution in [2.24, 2.45) is 0 Å². The molecule has 0 saturated heterocycles. The molecule has 0 aromatic carbocycles. The van der Waals surface area contributed by atoms with Crippen molar-refractivity contribution in [2.45, 2.75) is 0 Å². The number of sulfone groups is 3. The maximum absolute atomic E-state index is 11.7. The van der Waals surface area contributed by atoms with Crippen molar-refractivity contribution in [1.29, 1.82) is 0 Å². The minimum absolute atomic E-state index is 0.00758. The summed E-state index contributed by atoms with van der Waals surface area (Å²) >= 11 is 15.7. The summed E-state index contributed by atoms with van der Waals surface area (Å²) in [4.78, 5) is 1.67. The van der Waals surface area contributed by atoms with Crippen molar-refractivity contribution in [3.63, 3.8) is 0 Å². The summed E-state index contributed by atoms with van der Waals surface area (Å²) in [6, 6.07) is 0. The Balaban J connectivity index is 1.49. The maximum Gasteiger partial charge on any atom is 0.260 e. The molecule has 0 radical (unpaired) electrons. The van der Waals surface area contributed by atoms with Crippen LogP contribution >= 0.6 is 36.7 Å². The van der Waals surface area contributed by atoms with Gasteiger partial charge in [-0.15, -0.1) is 0 Å². The molecule has 0 aromatic rings. The Labute approximate surface area is 232 Å². The quantitative estimate of drug-likeness (QED) is 0.263. The van der Waals surface area contributed by atoms with E-state index in [1.165, 1.54) is 12.2 Å². The number of ether oxygens (including phenoxy) is 2. The number of thiocarbonyl (C=S) groups is 3.